The average molecular weight is 304 g/mol. The molecule has 3 aliphatic rings. The van der Waals surface area contributed by atoms with Crippen molar-refractivity contribution in [1.82, 2.24) is 14.9 Å². The fourth-order valence-corrected chi connectivity index (χ4v) is 3.55. The molecule has 0 unspecified atom stereocenters. The molecule has 4 heterocycles. The van der Waals surface area contributed by atoms with Crippen LogP contribution < -0.4 is 4.90 Å². The van der Waals surface area contributed by atoms with Gasteiger partial charge in [0.1, 0.15) is 0 Å². The molecule has 3 aliphatic heterocycles. The van der Waals surface area contributed by atoms with Crippen LogP contribution in [0.15, 0.2) is 18.5 Å². The maximum atomic E-state index is 12.7. The smallest absolute Gasteiger partial charge is 0.228 e. The maximum Gasteiger partial charge on any atom is 0.228 e. The molecular formula is C15H20N4O3. The lowest BCUT2D eigenvalue weighted by atomic mass is 9.98. The van der Waals surface area contributed by atoms with E-state index in [-0.39, 0.29) is 24.0 Å². The highest BCUT2D eigenvalue weighted by Crippen LogP contribution is 2.34. The van der Waals surface area contributed by atoms with Crippen molar-refractivity contribution >= 4 is 11.9 Å². The number of fused-ring (bicyclic) bond motifs is 2. The lowest BCUT2D eigenvalue weighted by Gasteiger charge is -2.34. The van der Waals surface area contributed by atoms with Crippen molar-refractivity contribution in [3.05, 3.63) is 18.5 Å². The fourth-order valence-electron chi connectivity index (χ4n) is 3.55. The molecule has 7 heteroatoms. The zero-order chi connectivity index (χ0) is 14.9. The van der Waals surface area contributed by atoms with E-state index in [0.717, 1.165) is 18.9 Å². The molecule has 22 heavy (non-hydrogen) atoms. The van der Waals surface area contributed by atoms with E-state index < -0.39 is 0 Å². The highest BCUT2D eigenvalue weighted by atomic mass is 16.5. The van der Waals surface area contributed by atoms with E-state index >= 15 is 0 Å². The zero-order valence-corrected chi connectivity index (χ0v) is 12.4. The number of amides is 1. The number of ether oxygens (including phenoxy) is 2. The quantitative estimate of drug-likeness (QED) is 0.762. The van der Waals surface area contributed by atoms with Crippen LogP contribution in [0.25, 0.3) is 0 Å². The molecule has 3 atom stereocenters. The van der Waals surface area contributed by atoms with Gasteiger partial charge in [-0.25, -0.2) is 9.97 Å². The summed E-state index contributed by atoms with van der Waals surface area (Å²) in [6.07, 6.45) is 4.33. The Morgan fingerprint density at radius 2 is 1.95 bits per heavy atom. The number of anilines is 1. The SMILES string of the molecule is O=C([C@H]1C[C@@H]2CN(c3ncccn3)C[C@H]1O2)N1CCOCC1. The molecule has 3 saturated heterocycles. The van der Waals surface area contributed by atoms with Crippen LogP contribution in [0.3, 0.4) is 0 Å². The summed E-state index contributed by atoms with van der Waals surface area (Å²) in [7, 11) is 0. The van der Waals surface area contributed by atoms with Gasteiger partial charge >= 0.3 is 0 Å². The predicted octanol–water partition coefficient (Wildman–Crippen LogP) is -0.0709. The van der Waals surface area contributed by atoms with Crippen molar-refractivity contribution in [2.45, 2.75) is 18.6 Å². The van der Waals surface area contributed by atoms with Gasteiger partial charge < -0.3 is 19.3 Å². The van der Waals surface area contributed by atoms with Crippen molar-refractivity contribution in [3.63, 3.8) is 0 Å². The van der Waals surface area contributed by atoms with Crippen LogP contribution in [-0.4, -0.2) is 72.4 Å². The van der Waals surface area contributed by atoms with E-state index in [1.807, 2.05) is 11.0 Å². The van der Waals surface area contributed by atoms with Crippen molar-refractivity contribution in [2.24, 2.45) is 5.92 Å². The molecule has 0 saturated carbocycles. The van der Waals surface area contributed by atoms with Crippen molar-refractivity contribution in [2.75, 3.05) is 44.3 Å². The summed E-state index contributed by atoms with van der Waals surface area (Å²) in [5.41, 5.74) is 0. The first-order valence-electron chi connectivity index (χ1n) is 7.85. The molecule has 0 N–H and O–H groups in total. The van der Waals surface area contributed by atoms with Crippen LogP contribution in [0.5, 0.6) is 0 Å². The third-order valence-corrected chi connectivity index (χ3v) is 4.63. The Hall–Kier alpha value is -1.73. The first-order valence-corrected chi connectivity index (χ1v) is 7.85. The third-order valence-electron chi connectivity index (χ3n) is 4.63. The topological polar surface area (TPSA) is 67.8 Å². The Bertz CT molecular complexity index is 535. The van der Waals surface area contributed by atoms with Crippen molar-refractivity contribution in [3.8, 4) is 0 Å². The van der Waals surface area contributed by atoms with E-state index in [1.54, 1.807) is 12.4 Å². The van der Waals surface area contributed by atoms with Crippen molar-refractivity contribution < 1.29 is 14.3 Å². The molecule has 0 spiro atoms. The molecular weight excluding hydrogens is 284 g/mol. The summed E-state index contributed by atoms with van der Waals surface area (Å²) in [6, 6.07) is 1.81. The molecule has 3 fully saturated rings. The van der Waals surface area contributed by atoms with Crippen LogP contribution in [0.1, 0.15) is 6.42 Å². The fraction of sp³-hybridized carbons (Fsp3) is 0.667. The van der Waals surface area contributed by atoms with Gasteiger partial charge in [0, 0.05) is 38.6 Å². The van der Waals surface area contributed by atoms with Gasteiger partial charge in [0.15, 0.2) is 0 Å². The van der Waals surface area contributed by atoms with Gasteiger partial charge in [-0.3, -0.25) is 4.79 Å². The normalized spacial score (nSPS) is 31.4. The largest absolute Gasteiger partial charge is 0.378 e. The van der Waals surface area contributed by atoms with Gasteiger partial charge in [-0.05, 0) is 12.5 Å². The minimum absolute atomic E-state index is 0.0446. The predicted molar refractivity (Wildman–Crippen MR) is 78.4 cm³/mol. The molecule has 0 radical (unpaired) electrons. The molecule has 118 valence electrons. The van der Waals surface area contributed by atoms with Gasteiger partial charge in [-0.15, -0.1) is 0 Å². The second-order valence-electron chi connectivity index (χ2n) is 6.03. The van der Waals surface area contributed by atoms with E-state index in [0.29, 0.717) is 32.8 Å². The summed E-state index contributed by atoms with van der Waals surface area (Å²) in [4.78, 5) is 25.4. The van der Waals surface area contributed by atoms with Crippen molar-refractivity contribution in [1.29, 1.82) is 0 Å². The van der Waals surface area contributed by atoms with Gasteiger partial charge in [0.05, 0.1) is 31.3 Å². The van der Waals surface area contributed by atoms with Gasteiger partial charge in [0.25, 0.3) is 0 Å². The number of rotatable bonds is 2. The Morgan fingerprint density at radius 1 is 1.18 bits per heavy atom. The van der Waals surface area contributed by atoms with Crippen LogP contribution in [0.2, 0.25) is 0 Å². The number of carbonyl (C=O) groups excluding carboxylic acids is 1. The second-order valence-corrected chi connectivity index (χ2v) is 6.03. The maximum absolute atomic E-state index is 12.7. The molecule has 2 bridgehead atoms. The van der Waals surface area contributed by atoms with E-state index in [4.69, 9.17) is 9.47 Å². The van der Waals surface area contributed by atoms with Crippen LogP contribution in [0, 0.1) is 5.92 Å². The van der Waals surface area contributed by atoms with Crippen LogP contribution >= 0.6 is 0 Å². The number of hydrogen-bond acceptors (Lipinski definition) is 6. The molecule has 0 aromatic carbocycles. The zero-order valence-electron chi connectivity index (χ0n) is 12.4. The third kappa shape index (κ3) is 2.55. The van der Waals surface area contributed by atoms with Gasteiger partial charge in [-0.1, -0.05) is 0 Å². The Morgan fingerprint density at radius 3 is 2.73 bits per heavy atom. The minimum atomic E-state index is -0.0575. The van der Waals surface area contributed by atoms with Crippen LogP contribution in [0.4, 0.5) is 5.95 Å². The molecule has 4 rings (SSSR count). The Balaban J connectivity index is 1.46. The number of hydrogen-bond donors (Lipinski definition) is 0. The van der Waals surface area contributed by atoms with Gasteiger partial charge in [0.2, 0.25) is 11.9 Å². The number of aromatic nitrogens is 2. The molecule has 0 aliphatic carbocycles. The monoisotopic (exact) mass is 304 g/mol. The highest BCUT2D eigenvalue weighted by molar-refractivity contribution is 5.80. The number of carbonyl (C=O) groups is 1. The number of nitrogens with zero attached hydrogens (tertiary/aromatic N) is 4. The Kier molecular flexibility index (Phi) is 3.67. The summed E-state index contributed by atoms with van der Waals surface area (Å²) in [6.45, 7) is 4.10. The lowest BCUT2D eigenvalue weighted by Crippen LogP contribution is -2.48. The molecule has 7 nitrogen and oxygen atoms in total. The Labute approximate surface area is 129 Å². The summed E-state index contributed by atoms with van der Waals surface area (Å²) in [5, 5.41) is 0. The van der Waals surface area contributed by atoms with E-state index in [1.165, 1.54) is 0 Å². The van der Waals surface area contributed by atoms with E-state index in [2.05, 4.69) is 14.9 Å². The molecule has 1 amide bonds. The first kappa shape index (κ1) is 13.9. The second kappa shape index (κ2) is 5.81. The summed E-state index contributed by atoms with van der Waals surface area (Å²) < 4.78 is 11.3. The molecule has 1 aromatic heterocycles. The minimum Gasteiger partial charge on any atom is -0.378 e. The van der Waals surface area contributed by atoms with E-state index in [9.17, 15) is 4.79 Å². The summed E-state index contributed by atoms with van der Waals surface area (Å²) in [5.74, 6) is 0.892. The van der Waals surface area contributed by atoms with Gasteiger partial charge in [-0.2, -0.15) is 0 Å². The highest BCUT2D eigenvalue weighted by Gasteiger charge is 2.46. The summed E-state index contributed by atoms with van der Waals surface area (Å²) >= 11 is 0. The number of morpholine rings is 2. The van der Waals surface area contributed by atoms with Crippen LogP contribution in [-0.2, 0) is 14.3 Å². The first-order chi connectivity index (χ1) is 10.8. The lowest BCUT2D eigenvalue weighted by molar-refractivity contribution is -0.141. The average Bonchev–Trinajstić information content (AvgIpc) is 2.89. The standard InChI is InChI=1S/C15H20N4O3/c20-14(18-4-6-21-7-5-18)12-8-11-9-19(10-13(12)22-11)15-16-2-1-3-17-15/h1-3,11-13H,4-10H2/t11-,12+,13-/m1/s1. The molecule has 1 aromatic rings.